The molecule has 1 saturated heterocycles. The zero-order chi connectivity index (χ0) is 11.8. The molecule has 1 saturated carbocycles. The molecule has 1 heterocycles. The third-order valence-electron chi connectivity index (χ3n) is 4.97. The van der Waals surface area contributed by atoms with E-state index in [2.05, 4.69) is 36.7 Å². The Kier molecular flexibility index (Phi) is 4.01. The van der Waals surface area contributed by atoms with Gasteiger partial charge >= 0.3 is 0 Å². The van der Waals surface area contributed by atoms with Crippen molar-refractivity contribution in [2.75, 3.05) is 13.2 Å². The Morgan fingerprint density at radius 2 is 1.94 bits per heavy atom. The molecule has 0 radical (unpaired) electrons. The summed E-state index contributed by atoms with van der Waals surface area (Å²) in [6.45, 7) is 9.27. The van der Waals surface area contributed by atoms with Crippen LogP contribution in [0.4, 0.5) is 0 Å². The van der Waals surface area contributed by atoms with Crippen molar-refractivity contribution >= 4 is 15.9 Å². The van der Waals surface area contributed by atoms with E-state index in [4.69, 9.17) is 4.74 Å². The van der Waals surface area contributed by atoms with E-state index in [-0.39, 0.29) is 0 Å². The zero-order valence-electron chi connectivity index (χ0n) is 10.8. The highest BCUT2D eigenvalue weighted by Crippen LogP contribution is 2.49. The summed E-state index contributed by atoms with van der Waals surface area (Å²) >= 11 is 3.94. The average Bonchev–Trinajstić information content (AvgIpc) is 2.69. The lowest BCUT2D eigenvalue weighted by Crippen LogP contribution is -2.40. The summed E-state index contributed by atoms with van der Waals surface area (Å²) in [5, 5.41) is 0. The van der Waals surface area contributed by atoms with Crippen LogP contribution in [0.2, 0.25) is 0 Å². The minimum atomic E-state index is 0.435. The van der Waals surface area contributed by atoms with Crippen LogP contribution >= 0.6 is 15.9 Å². The lowest BCUT2D eigenvalue weighted by atomic mass is 9.63. The van der Waals surface area contributed by atoms with E-state index >= 15 is 0 Å². The van der Waals surface area contributed by atoms with Gasteiger partial charge in [-0.15, -0.1) is 0 Å². The quantitative estimate of drug-likeness (QED) is 0.691. The molecule has 1 aliphatic carbocycles. The summed E-state index contributed by atoms with van der Waals surface area (Å²) in [4.78, 5) is 0.715. The van der Waals surface area contributed by atoms with Crippen LogP contribution in [-0.2, 0) is 4.74 Å². The molecule has 0 aromatic rings. The molecule has 0 amide bonds. The molecule has 0 spiro atoms. The maximum atomic E-state index is 5.58. The normalized spacial score (nSPS) is 41.2. The van der Waals surface area contributed by atoms with E-state index in [0.717, 1.165) is 31.0 Å². The summed E-state index contributed by atoms with van der Waals surface area (Å²) in [7, 11) is 0. The third kappa shape index (κ3) is 2.48. The third-order valence-corrected chi connectivity index (χ3v) is 5.98. The van der Waals surface area contributed by atoms with Gasteiger partial charge < -0.3 is 4.74 Å². The maximum Gasteiger partial charge on any atom is 0.0500 e. The van der Waals surface area contributed by atoms with E-state index < -0.39 is 0 Å². The Morgan fingerprint density at radius 3 is 2.50 bits per heavy atom. The van der Waals surface area contributed by atoms with Gasteiger partial charge in [-0.3, -0.25) is 0 Å². The summed E-state index contributed by atoms with van der Waals surface area (Å²) < 4.78 is 5.58. The maximum absolute atomic E-state index is 5.58. The van der Waals surface area contributed by atoms with Gasteiger partial charge in [-0.25, -0.2) is 0 Å². The number of hydrogen-bond donors (Lipinski definition) is 0. The van der Waals surface area contributed by atoms with Crippen LogP contribution in [0.5, 0.6) is 0 Å². The molecule has 1 nitrogen and oxygen atoms in total. The fraction of sp³-hybridized carbons (Fsp3) is 1.00. The zero-order valence-corrected chi connectivity index (χ0v) is 12.4. The summed E-state index contributed by atoms with van der Waals surface area (Å²) in [6, 6.07) is 0. The van der Waals surface area contributed by atoms with E-state index in [1.54, 1.807) is 0 Å². The predicted octanol–water partition coefficient (Wildman–Crippen LogP) is 4.25. The summed E-state index contributed by atoms with van der Waals surface area (Å²) in [5.74, 6) is 2.50. The summed E-state index contributed by atoms with van der Waals surface area (Å²) in [5.41, 5.74) is 0.435. The average molecular weight is 289 g/mol. The lowest BCUT2D eigenvalue weighted by molar-refractivity contribution is 0.0660. The predicted molar refractivity (Wildman–Crippen MR) is 71.9 cm³/mol. The fourth-order valence-corrected chi connectivity index (χ4v) is 5.16. The highest BCUT2D eigenvalue weighted by Gasteiger charge is 2.43. The second-order valence-corrected chi connectivity index (χ2v) is 7.60. The molecule has 2 heteroatoms. The van der Waals surface area contributed by atoms with Crippen LogP contribution in [0.3, 0.4) is 0 Å². The SMILES string of the molecule is CC1CCC(C(C)(C)C2CCOC2)C(Br)C1. The number of halogens is 1. The number of rotatable bonds is 2. The lowest BCUT2D eigenvalue weighted by Gasteiger charge is -2.45. The van der Waals surface area contributed by atoms with Crippen molar-refractivity contribution < 1.29 is 4.74 Å². The van der Waals surface area contributed by atoms with Crippen LogP contribution < -0.4 is 0 Å². The van der Waals surface area contributed by atoms with Crippen LogP contribution in [0.1, 0.15) is 46.5 Å². The van der Waals surface area contributed by atoms with Gasteiger partial charge in [0.15, 0.2) is 0 Å². The van der Waals surface area contributed by atoms with Crippen molar-refractivity contribution in [2.24, 2.45) is 23.2 Å². The number of alkyl halides is 1. The van der Waals surface area contributed by atoms with E-state index in [0.29, 0.717) is 10.2 Å². The molecular formula is C14H25BrO. The number of hydrogen-bond acceptors (Lipinski definition) is 1. The van der Waals surface area contributed by atoms with Gasteiger partial charge in [-0.1, -0.05) is 43.1 Å². The number of ether oxygens (including phenoxy) is 1. The topological polar surface area (TPSA) is 9.23 Å². The molecule has 4 unspecified atom stereocenters. The van der Waals surface area contributed by atoms with E-state index in [9.17, 15) is 0 Å². The van der Waals surface area contributed by atoms with Crippen LogP contribution in [0, 0.1) is 23.2 Å². The van der Waals surface area contributed by atoms with E-state index in [1.807, 2.05) is 0 Å². The Labute approximate surface area is 108 Å². The fourth-order valence-electron chi connectivity index (χ4n) is 3.57. The molecule has 0 aromatic heterocycles. The van der Waals surface area contributed by atoms with Gasteiger partial charge in [0.25, 0.3) is 0 Å². The van der Waals surface area contributed by atoms with Gasteiger partial charge in [0.1, 0.15) is 0 Å². The van der Waals surface area contributed by atoms with E-state index in [1.165, 1.54) is 25.7 Å². The first-order chi connectivity index (χ1) is 7.51. The first-order valence-electron chi connectivity index (χ1n) is 6.73. The molecule has 0 N–H and O–H groups in total. The minimum Gasteiger partial charge on any atom is -0.381 e. The monoisotopic (exact) mass is 288 g/mol. The largest absolute Gasteiger partial charge is 0.381 e. The van der Waals surface area contributed by atoms with Crippen molar-refractivity contribution in [1.29, 1.82) is 0 Å². The second kappa shape index (κ2) is 4.97. The second-order valence-electron chi connectivity index (χ2n) is 6.42. The van der Waals surface area contributed by atoms with Crippen LogP contribution in [-0.4, -0.2) is 18.0 Å². The molecule has 0 bridgehead atoms. The molecule has 2 aliphatic rings. The van der Waals surface area contributed by atoms with Crippen molar-refractivity contribution in [1.82, 2.24) is 0 Å². The van der Waals surface area contributed by atoms with Crippen molar-refractivity contribution in [3.8, 4) is 0 Å². The van der Waals surface area contributed by atoms with Gasteiger partial charge in [-0.2, -0.15) is 0 Å². The Balaban J connectivity index is 2.04. The summed E-state index contributed by atoms with van der Waals surface area (Å²) in [6.07, 6.45) is 5.41. The van der Waals surface area contributed by atoms with Crippen molar-refractivity contribution in [3.05, 3.63) is 0 Å². The smallest absolute Gasteiger partial charge is 0.0500 e. The molecule has 2 rings (SSSR count). The Hall–Kier alpha value is 0.440. The highest BCUT2D eigenvalue weighted by atomic mass is 79.9. The molecule has 2 fully saturated rings. The van der Waals surface area contributed by atoms with Crippen LogP contribution in [0.25, 0.3) is 0 Å². The van der Waals surface area contributed by atoms with Crippen molar-refractivity contribution in [2.45, 2.75) is 51.3 Å². The highest BCUT2D eigenvalue weighted by molar-refractivity contribution is 9.09. The van der Waals surface area contributed by atoms with Crippen LogP contribution in [0.15, 0.2) is 0 Å². The first-order valence-corrected chi connectivity index (χ1v) is 7.65. The van der Waals surface area contributed by atoms with Gasteiger partial charge in [0.05, 0.1) is 0 Å². The molecule has 1 aliphatic heterocycles. The first kappa shape index (κ1) is 12.9. The van der Waals surface area contributed by atoms with Gasteiger partial charge in [0.2, 0.25) is 0 Å². The molecule has 16 heavy (non-hydrogen) atoms. The molecule has 94 valence electrons. The van der Waals surface area contributed by atoms with Gasteiger partial charge in [-0.05, 0) is 42.4 Å². The molecule has 0 aromatic carbocycles. The Morgan fingerprint density at radius 1 is 1.19 bits per heavy atom. The molecular weight excluding hydrogens is 264 g/mol. The Bertz CT molecular complexity index is 233. The minimum absolute atomic E-state index is 0.435. The molecule has 4 atom stereocenters. The van der Waals surface area contributed by atoms with Crippen molar-refractivity contribution in [3.63, 3.8) is 0 Å². The standard InChI is InChI=1S/C14H25BrO/c1-10-4-5-12(13(15)8-10)14(2,3)11-6-7-16-9-11/h10-13H,4-9H2,1-3H3. The van der Waals surface area contributed by atoms with Gasteiger partial charge in [0, 0.05) is 18.0 Å².